The van der Waals surface area contributed by atoms with Gasteiger partial charge in [-0.2, -0.15) is 0 Å². The molecule has 1 aliphatic rings. The lowest BCUT2D eigenvalue weighted by Crippen LogP contribution is -2.38. The first kappa shape index (κ1) is 11.3. The van der Waals surface area contributed by atoms with Gasteiger partial charge in [-0.05, 0) is 5.53 Å². The first-order valence-corrected chi connectivity index (χ1v) is 5.84. The lowest BCUT2D eigenvalue weighted by Gasteiger charge is -2.25. The molecule has 0 aromatic heterocycles. The minimum absolute atomic E-state index is 0.128. The fourth-order valence-corrected chi connectivity index (χ4v) is 1.85. The molecule has 1 saturated heterocycles. The Kier molecular flexibility index (Phi) is 4.15. The quantitative estimate of drug-likeness (QED) is 0.377. The number of sulfonamides is 1. The van der Waals surface area contributed by atoms with Crippen LogP contribution in [0.5, 0.6) is 0 Å². The van der Waals surface area contributed by atoms with Gasteiger partial charge in [-0.25, -0.2) is 8.42 Å². The number of rotatable bonds is 4. The lowest BCUT2D eigenvalue weighted by atomic mass is 10.4. The molecule has 80 valence electrons. The molecule has 0 aromatic carbocycles. The van der Waals surface area contributed by atoms with Gasteiger partial charge in [0, 0.05) is 29.1 Å². The fraction of sp³-hybridized carbons (Fsp3) is 1.00. The SMILES string of the molecule is [N-]=[N+]=NS(=O)(=O)CCN1CCOCC1. The maximum absolute atomic E-state index is 11.0. The molecule has 0 radical (unpaired) electrons. The summed E-state index contributed by atoms with van der Waals surface area (Å²) in [4.78, 5) is 4.23. The summed E-state index contributed by atoms with van der Waals surface area (Å²) in [7, 11) is -3.61. The third kappa shape index (κ3) is 3.93. The van der Waals surface area contributed by atoms with Crippen molar-refractivity contribution >= 4 is 10.0 Å². The van der Waals surface area contributed by atoms with Crippen molar-refractivity contribution in [3.05, 3.63) is 10.4 Å². The van der Waals surface area contributed by atoms with Crippen LogP contribution in [0.15, 0.2) is 4.52 Å². The summed E-state index contributed by atoms with van der Waals surface area (Å²) in [5.74, 6) is -0.128. The minimum Gasteiger partial charge on any atom is -0.379 e. The smallest absolute Gasteiger partial charge is 0.236 e. The van der Waals surface area contributed by atoms with E-state index < -0.39 is 10.0 Å². The Balaban J connectivity index is 2.35. The van der Waals surface area contributed by atoms with E-state index in [1.54, 1.807) is 0 Å². The summed E-state index contributed by atoms with van der Waals surface area (Å²) in [6.07, 6.45) is 0. The third-order valence-corrected chi connectivity index (χ3v) is 2.95. The number of morpholine rings is 1. The summed E-state index contributed by atoms with van der Waals surface area (Å²) in [6, 6.07) is 0. The van der Waals surface area contributed by atoms with Gasteiger partial charge in [0.1, 0.15) is 0 Å². The second-order valence-electron chi connectivity index (χ2n) is 2.91. The molecule has 0 atom stereocenters. The summed E-state index contributed by atoms with van der Waals surface area (Å²) < 4.78 is 29.8. The van der Waals surface area contributed by atoms with Gasteiger partial charge < -0.3 is 4.74 Å². The van der Waals surface area contributed by atoms with Crippen LogP contribution in [0.25, 0.3) is 10.4 Å². The molecular formula is C6H12N4O3S. The first-order valence-electron chi connectivity index (χ1n) is 4.23. The van der Waals surface area contributed by atoms with Crippen molar-refractivity contribution in [2.45, 2.75) is 0 Å². The fourth-order valence-electron chi connectivity index (χ4n) is 1.17. The van der Waals surface area contributed by atoms with Crippen molar-refractivity contribution in [3.8, 4) is 0 Å². The summed E-state index contributed by atoms with van der Waals surface area (Å²) in [6.45, 7) is 3.10. The van der Waals surface area contributed by atoms with E-state index >= 15 is 0 Å². The monoisotopic (exact) mass is 220 g/mol. The Morgan fingerprint density at radius 3 is 2.64 bits per heavy atom. The molecule has 1 rings (SSSR count). The molecule has 14 heavy (non-hydrogen) atoms. The van der Waals surface area contributed by atoms with Crippen LogP contribution in [-0.4, -0.2) is 51.9 Å². The van der Waals surface area contributed by atoms with Crippen molar-refractivity contribution in [2.75, 3.05) is 38.6 Å². The van der Waals surface area contributed by atoms with Gasteiger partial charge in [0.2, 0.25) is 10.0 Å². The number of azide groups is 1. The minimum atomic E-state index is -3.61. The van der Waals surface area contributed by atoms with Crippen LogP contribution in [0.1, 0.15) is 0 Å². The highest BCUT2D eigenvalue weighted by Gasteiger charge is 2.14. The highest BCUT2D eigenvalue weighted by molar-refractivity contribution is 7.90. The zero-order valence-electron chi connectivity index (χ0n) is 7.66. The van der Waals surface area contributed by atoms with E-state index in [1.807, 2.05) is 4.90 Å². The second-order valence-corrected chi connectivity index (χ2v) is 4.65. The zero-order valence-corrected chi connectivity index (χ0v) is 8.48. The standard InChI is InChI=1S/C6H12N4O3S/c7-8-9-14(11,12)6-3-10-1-4-13-5-2-10/h1-6H2. The maximum Gasteiger partial charge on any atom is 0.236 e. The predicted molar refractivity (Wildman–Crippen MR) is 50.2 cm³/mol. The normalized spacial score (nSPS) is 18.9. The number of hydrogen-bond donors (Lipinski definition) is 0. The van der Waals surface area contributed by atoms with Gasteiger partial charge >= 0.3 is 0 Å². The van der Waals surface area contributed by atoms with E-state index in [2.05, 4.69) is 9.43 Å². The molecule has 0 aliphatic carbocycles. The zero-order chi connectivity index (χ0) is 10.4. The Labute approximate surface area is 82.3 Å². The molecule has 1 heterocycles. The van der Waals surface area contributed by atoms with E-state index in [4.69, 9.17) is 10.3 Å². The maximum atomic E-state index is 11.0. The van der Waals surface area contributed by atoms with Crippen LogP contribution in [0.3, 0.4) is 0 Å². The van der Waals surface area contributed by atoms with Gasteiger partial charge in [0.25, 0.3) is 0 Å². The van der Waals surface area contributed by atoms with E-state index in [9.17, 15) is 8.42 Å². The highest BCUT2D eigenvalue weighted by Crippen LogP contribution is 1.99. The van der Waals surface area contributed by atoms with E-state index in [1.165, 1.54) is 0 Å². The largest absolute Gasteiger partial charge is 0.379 e. The Morgan fingerprint density at radius 2 is 2.07 bits per heavy atom. The van der Waals surface area contributed by atoms with E-state index in [0.29, 0.717) is 19.8 Å². The van der Waals surface area contributed by atoms with Crippen LogP contribution < -0.4 is 0 Å². The van der Waals surface area contributed by atoms with Crippen molar-refractivity contribution in [1.29, 1.82) is 0 Å². The molecule has 0 bridgehead atoms. The van der Waals surface area contributed by atoms with Crippen LogP contribution in [-0.2, 0) is 14.8 Å². The second kappa shape index (κ2) is 5.16. The Hall–Kier alpha value is -0.820. The summed E-state index contributed by atoms with van der Waals surface area (Å²) in [5.41, 5.74) is 7.98. The molecular weight excluding hydrogens is 208 g/mol. The predicted octanol–water partition coefficient (Wildman–Crippen LogP) is -0.0413. The molecule has 7 nitrogen and oxygen atoms in total. The number of hydrogen-bond acceptors (Lipinski definition) is 4. The molecule has 1 aliphatic heterocycles. The summed E-state index contributed by atoms with van der Waals surface area (Å²) in [5, 5.41) is 0. The van der Waals surface area contributed by atoms with Gasteiger partial charge in [-0.1, -0.05) is 0 Å². The molecule has 0 spiro atoms. The Bertz CT molecular complexity index is 316. The van der Waals surface area contributed by atoms with Crippen molar-refractivity contribution in [3.63, 3.8) is 0 Å². The first-order chi connectivity index (χ1) is 6.64. The Morgan fingerprint density at radius 1 is 1.43 bits per heavy atom. The lowest BCUT2D eigenvalue weighted by molar-refractivity contribution is 0.0408. The van der Waals surface area contributed by atoms with Crippen LogP contribution in [0.2, 0.25) is 0 Å². The topological polar surface area (TPSA) is 95.4 Å². The molecule has 0 amide bonds. The van der Waals surface area contributed by atoms with Crippen molar-refractivity contribution in [2.24, 2.45) is 4.52 Å². The van der Waals surface area contributed by atoms with E-state index in [0.717, 1.165) is 13.1 Å². The van der Waals surface area contributed by atoms with Gasteiger partial charge in [0.05, 0.1) is 19.0 Å². The van der Waals surface area contributed by atoms with E-state index in [-0.39, 0.29) is 5.75 Å². The van der Waals surface area contributed by atoms with Crippen LogP contribution >= 0.6 is 0 Å². The molecule has 1 fully saturated rings. The number of nitrogens with zero attached hydrogens (tertiary/aromatic N) is 4. The molecule has 0 saturated carbocycles. The third-order valence-electron chi connectivity index (χ3n) is 1.93. The van der Waals surface area contributed by atoms with Gasteiger partial charge in [-0.15, -0.1) is 0 Å². The number of ether oxygens (including phenoxy) is 1. The summed E-state index contributed by atoms with van der Waals surface area (Å²) >= 11 is 0. The van der Waals surface area contributed by atoms with Gasteiger partial charge in [-0.3, -0.25) is 4.90 Å². The molecule has 8 heteroatoms. The van der Waals surface area contributed by atoms with Gasteiger partial charge in [0.15, 0.2) is 0 Å². The average Bonchev–Trinajstić information content (AvgIpc) is 2.17. The van der Waals surface area contributed by atoms with Crippen LogP contribution in [0.4, 0.5) is 0 Å². The average molecular weight is 220 g/mol. The molecule has 0 unspecified atom stereocenters. The molecule has 0 aromatic rings. The van der Waals surface area contributed by atoms with Crippen LogP contribution in [0, 0.1) is 0 Å². The highest BCUT2D eigenvalue weighted by atomic mass is 32.2. The van der Waals surface area contributed by atoms with Crippen molar-refractivity contribution in [1.82, 2.24) is 4.90 Å². The van der Waals surface area contributed by atoms with Crippen molar-refractivity contribution < 1.29 is 13.2 Å². The molecule has 0 N–H and O–H groups in total.